The Morgan fingerprint density at radius 3 is 2.83 bits per heavy atom. The number of nitrogens with zero attached hydrogens (tertiary/aromatic N) is 2. The molecule has 0 radical (unpaired) electrons. The molecule has 0 saturated carbocycles. The minimum Gasteiger partial charge on any atom is -0.380 e. The van der Waals surface area contributed by atoms with E-state index in [1.54, 1.807) is 7.11 Å². The summed E-state index contributed by atoms with van der Waals surface area (Å²) in [5.41, 5.74) is 4.05. The van der Waals surface area contributed by atoms with Gasteiger partial charge in [0, 0.05) is 47.4 Å². The molecule has 1 fully saturated rings. The van der Waals surface area contributed by atoms with Gasteiger partial charge in [0.2, 0.25) is 0 Å². The van der Waals surface area contributed by atoms with Gasteiger partial charge in [0.05, 0.1) is 25.5 Å². The second-order valence-corrected chi connectivity index (χ2v) is 8.11. The number of halogens is 1. The monoisotopic (exact) mass is 443 g/mol. The molecule has 0 bridgehead atoms. The molecule has 2 heterocycles. The van der Waals surface area contributed by atoms with Gasteiger partial charge in [0.25, 0.3) is 5.91 Å². The predicted octanol–water partition coefficient (Wildman–Crippen LogP) is 4.70. The summed E-state index contributed by atoms with van der Waals surface area (Å²) < 4.78 is 10.8. The van der Waals surface area contributed by atoms with Crippen LogP contribution in [0.2, 0.25) is 5.02 Å². The zero-order valence-electron chi connectivity index (χ0n) is 16.6. The summed E-state index contributed by atoms with van der Waals surface area (Å²) in [6.07, 6.45) is 0. The van der Waals surface area contributed by atoms with Crippen molar-refractivity contribution in [2.75, 3.05) is 43.6 Å². The number of morpholine rings is 1. The lowest BCUT2D eigenvalue weighted by molar-refractivity contribution is 0.102. The number of amides is 1. The SMILES string of the molecule is COCc1cc(N2CCOCC2)ccc1C(=O)Nc1nc(-c2ccccc2Cl)cs1. The van der Waals surface area contributed by atoms with Crippen LogP contribution in [0.3, 0.4) is 0 Å². The average molecular weight is 444 g/mol. The van der Waals surface area contributed by atoms with E-state index in [0.717, 1.165) is 35.6 Å². The Morgan fingerprint density at radius 1 is 1.27 bits per heavy atom. The molecule has 1 amide bonds. The largest absolute Gasteiger partial charge is 0.380 e. The van der Waals surface area contributed by atoms with Crippen LogP contribution in [0, 0.1) is 0 Å². The lowest BCUT2D eigenvalue weighted by Crippen LogP contribution is -2.36. The molecule has 1 N–H and O–H groups in total. The lowest BCUT2D eigenvalue weighted by atomic mass is 10.1. The normalized spacial score (nSPS) is 14.0. The van der Waals surface area contributed by atoms with Crippen molar-refractivity contribution in [2.45, 2.75) is 6.61 Å². The van der Waals surface area contributed by atoms with Gasteiger partial charge >= 0.3 is 0 Å². The van der Waals surface area contributed by atoms with Crippen molar-refractivity contribution in [1.29, 1.82) is 0 Å². The van der Waals surface area contributed by atoms with Crippen LogP contribution in [0.4, 0.5) is 10.8 Å². The molecular weight excluding hydrogens is 422 g/mol. The lowest BCUT2D eigenvalue weighted by Gasteiger charge is -2.29. The highest BCUT2D eigenvalue weighted by molar-refractivity contribution is 7.14. The van der Waals surface area contributed by atoms with E-state index >= 15 is 0 Å². The molecule has 8 heteroatoms. The highest BCUT2D eigenvalue weighted by Crippen LogP contribution is 2.30. The maximum absolute atomic E-state index is 13.0. The second kappa shape index (κ2) is 9.57. The zero-order valence-corrected chi connectivity index (χ0v) is 18.1. The highest BCUT2D eigenvalue weighted by Gasteiger charge is 2.18. The van der Waals surface area contributed by atoms with E-state index in [9.17, 15) is 4.79 Å². The second-order valence-electron chi connectivity index (χ2n) is 6.85. The first-order chi connectivity index (χ1) is 14.7. The summed E-state index contributed by atoms with van der Waals surface area (Å²) in [6, 6.07) is 13.3. The number of carbonyl (C=O) groups excluding carboxylic acids is 1. The molecule has 1 saturated heterocycles. The maximum Gasteiger partial charge on any atom is 0.257 e. The van der Waals surface area contributed by atoms with Gasteiger partial charge in [-0.15, -0.1) is 11.3 Å². The first-order valence-corrected chi connectivity index (χ1v) is 10.9. The molecule has 1 aliphatic rings. The van der Waals surface area contributed by atoms with Gasteiger partial charge in [-0.25, -0.2) is 4.98 Å². The summed E-state index contributed by atoms with van der Waals surface area (Å²) in [6.45, 7) is 3.44. The Labute approximate surface area is 184 Å². The van der Waals surface area contributed by atoms with E-state index in [4.69, 9.17) is 21.1 Å². The summed E-state index contributed by atoms with van der Waals surface area (Å²) in [5, 5.41) is 5.94. The first-order valence-electron chi connectivity index (χ1n) is 9.62. The van der Waals surface area contributed by atoms with Gasteiger partial charge in [-0.1, -0.05) is 29.8 Å². The number of methoxy groups -OCH3 is 1. The molecule has 0 aliphatic carbocycles. The molecule has 1 aromatic heterocycles. The number of ether oxygens (including phenoxy) is 2. The molecule has 0 atom stereocenters. The average Bonchev–Trinajstić information content (AvgIpc) is 3.23. The van der Waals surface area contributed by atoms with E-state index in [1.165, 1.54) is 11.3 Å². The van der Waals surface area contributed by atoms with Crippen LogP contribution >= 0.6 is 22.9 Å². The number of nitrogens with one attached hydrogen (secondary N) is 1. The standard InChI is InChI=1S/C22H22ClN3O3S/c1-28-13-15-12-16(26-8-10-29-11-9-26)6-7-17(15)21(27)25-22-24-20(14-30-22)18-4-2-3-5-19(18)23/h2-7,12,14H,8-11,13H2,1H3,(H,24,25,27). The van der Waals surface area contributed by atoms with Gasteiger partial charge < -0.3 is 14.4 Å². The van der Waals surface area contributed by atoms with Crippen molar-refractivity contribution in [3.05, 3.63) is 64.0 Å². The first kappa shape index (κ1) is 20.8. The van der Waals surface area contributed by atoms with Gasteiger partial charge in [-0.3, -0.25) is 10.1 Å². The number of hydrogen-bond acceptors (Lipinski definition) is 6. The third kappa shape index (κ3) is 4.65. The Kier molecular flexibility index (Phi) is 6.64. The summed E-state index contributed by atoms with van der Waals surface area (Å²) in [5.74, 6) is -0.212. The van der Waals surface area contributed by atoms with E-state index < -0.39 is 0 Å². The van der Waals surface area contributed by atoms with Crippen molar-refractivity contribution in [2.24, 2.45) is 0 Å². The Balaban J connectivity index is 1.53. The van der Waals surface area contributed by atoms with Crippen LogP contribution in [-0.4, -0.2) is 44.3 Å². The van der Waals surface area contributed by atoms with Gasteiger partial charge in [0.1, 0.15) is 0 Å². The molecule has 2 aromatic carbocycles. The van der Waals surface area contributed by atoms with Gasteiger partial charge in [-0.05, 0) is 29.8 Å². The van der Waals surface area contributed by atoms with Crippen LogP contribution in [0.25, 0.3) is 11.3 Å². The minimum atomic E-state index is -0.212. The molecular formula is C22H22ClN3O3S. The van der Waals surface area contributed by atoms with Crippen molar-refractivity contribution < 1.29 is 14.3 Å². The molecule has 156 valence electrons. The van der Waals surface area contributed by atoms with Crippen LogP contribution < -0.4 is 10.2 Å². The smallest absolute Gasteiger partial charge is 0.257 e. The summed E-state index contributed by atoms with van der Waals surface area (Å²) in [7, 11) is 1.62. The number of anilines is 2. The molecule has 30 heavy (non-hydrogen) atoms. The Morgan fingerprint density at radius 2 is 2.07 bits per heavy atom. The third-order valence-electron chi connectivity index (χ3n) is 4.88. The number of carbonyl (C=O) groups is 1. The minimum absolute atomic E-state index is 0.212. The van der Waals surface area contributed by atoms with Crippen LogP contribution in [-0.2, 0) is 16.1 Å². The van der Waals surface area contributed by atoms with Crippen LogP contribution in [0.15, 0.2) is 47.8 Å². The predicted molar refractivity (Wildman–Crippen MR) is 121 cm³/mol. The number of benzene rings is 2. The molecule has 6 nitrogen and oxygen atoms in total. The van der Waals surface area contributed by atoms with Gasteiger partial charge in [0.15, 0.2) is 5.13 Å². The van der Waals surface area contributed by atoms with Crippen LogP contribution in [0.1, 0.15) is 15.9 Å². The van der Waals surface area contributed by atoms with E-state index in [1.807, 2.05) is 47.8 Å². The number of rotatable bonds is 6. The topological polar surface area (TPSA) is 63.7 Å². The molecule has 0 spiro atoms. The molecule has 3 aromatic rings. The van der Waals surface area contributed by atoms with Crippen molar-refractivity contribution in [1.82, 2.24) is 4.98 Å². The third-order valence-corrected chi connectivity index (χ3v) is 5.97. The number of aromatic nitrogens is 1. The molecule has 0 unspecified atom stereocenters. The van der Waals surface area contributed by atoms with Crippen molar-refractivity contribution >= 4 is 39.7 Å². The fourth-order valence-electron chi connectivity index (χ4n) is 3.38. The fourth-order valence-corrected chi connectivity index (χ4v) is 4.32. The Bertz CT molecular complexity index is 1030. The highest BCUT2D eigenvalue weighted by atomic mass is 35.5. The van der Waals surface area contributed by atoms with Crippen LogP contribution in [0.5, 0.6) is 0 Å². The quantitative estimate of drug-likeness (QED) is 0.598. The number of hydrogen-bond donors (Lipinski definition) is 1. The molecule has 4 rings (SSSR count). The number of thiazole rings is 1. The zero-order chi connectivity index (χ0) is 20.9. The fraction of sp³-hybridized carbons (Fsp3) is 0.273. The summed E-state index contributed by atoms with van der Waals surface area (Å²) >= 11 is 7.62. The van der Waals surface area contributed by atoms with E-state index in [0.29, 0.717) is 35.5 Å². The molecule has 1 aliphatic heterocycles. The maximum atomic E-state index is 13.0. The van der Waals surface area contributed by atoms with Gasteiger partial charge in [-0.2, -0.15) is 0 Å². The Hall–Kier alpha value is -2.45. The van der Waals surface area contributed by atoms with E-state index in [-0.39, 0.29) is 5.91 Å². The summed E-state index contributed by atoms with van der Waals surface area (Å²) in [4.78, 5) is 19.7. The van der Waals surface area contributed by atoms with E-state index in [2.05, 4.69) is 15.2 Å². The van der Waals surface area contributed by atoms with Crippen molar-refractivity contribution in [3.63, 3.8) is 0 Å². The van der Waals surface area contributed by atoms with Crippen molar-refractivity contribution in [3.8, 4) is 11.3 Å².